The van der Waals surface area contributed by atoms with Gasteiger partial charge in [-0.3, -0.25) is 9.59 Å². The summed E-state index contributed by atoms with van der Waals surface area (Å²) < 4.78 is 15.7. The number of nitrogens with one attached hydrogen (secondary N) is 3. The van der Waals surface area contributed by atoms with Gasteiger partial charge < -0.3 is 30.2 Å². The molecule has 0 saturated heterocycles. The van der Waals surface area contributed by atoms with Crippen molar-refractivity contribution < 1.29 is 28.6 Å². The molecular weight excluding hydrogens is 426 g/mol. The van der Waals surface area contributed by atoms with Crippen LogP contribution < -0.4 is 25.4 Å². The van der Waals surface area contributed by atoms with Crippen molar-refractivity contribution in [2.75, 3.05) is 31.4 Å². The number of anilines is 2. The Balaban J connectivity index is 2.05. The van der Waals surface area contributed by atoms with Gasteiger partial charge in [-0.15, -0.1) is 0 Å². The number of rotatable bonds is 8. The molecule has 3 amide bonds. The summed E-state index contributed by atoms with van der Waals surface area (Å²) in [6.45, 7) is 7.20. The molecule has 178 valence electrons. The molecule has 0 heterocycles. The highest BCUT2D eigenvalue weighted by Gasteiger charge is 2.18. The molecule has 9 heteroatoms. The lowest BCUT2D eigenvalue weighted by Crippen LogP contribution is -2.33. The SMILES string of the molecule is COc1cc(NC(C)=O)c(C(=O)Nc2ccc(CCNC(=O)OC(C)(C)C)cc2)cc1OC. The zero-order chi connectivity index (χ0) is 24.6. The predicted octanol–water partition coefficient (Wildman–Crippen LogP) is 3.98. The van der Waals surface area contributed by atoms with Crippen LogP contribution in [0.25, 0.3) is 0 Å². The molecule has 0 aromatic heterocycles. The van der Waals surface area contributed by atoms with Crippen LogP contribution in [0.5, 0.6) is 11.5 Å². The van der Waals surface area contributed by atoms with Crippen molar-refractivity contribution in [2.24, 2.45) is 0 Å². The van der Waals surface area contributed by atoms with Crippen molar-refractivity contribution in [2.45, 2.75) is 39.7 Å². The van der Waals surface area contributed by atoms with Crippen LogP contribution in [-0.2, 0) is 16.0 Å². The zero-order valence-corrected chi connectivity index (χ0v) is 19.8. The van der Waals surface area contributed by atoms with Crippen LogP contribution in [0.15, 0.2) is 36.4 Å². The van der Waals surface area contributed by atoms with E-state index in [1.54, 1.807) is 32.9 Å². The van der Waals surface area contributed by atoms with Crippen molar-refractivity contribution in [3.05, 3.63) is 47.5 Å². The fourth-order valence-corrected chi connectivity index (χ4v) is 2.94. The minimum absolute atomic E-state index is 0.230. The van der Waals surface area contributed by atoms with Gasteiger partial charge in [-0.1, -0.05) is 12.1 Å². The molecule has 2 aromatic carbocycles. The van der Waals surface area contributed by atoms with Gasteiger partial charge >= 0.3 is 6.09 Å². The van der Waals surface area contributed by atoms with Crippen molar-refractivity contribution in [3.8, 4) is 11.5 Å². The molecule has 0 bridgehead atoms. The average molecular weight is 458 g/mol. The van der Waals surface area contributed by atoms with E-state index in [0.29, 0.717) is 35.8 Å². The Morgan fingerprint density at radius 1 is 0.909 bits per heavy atom. The Labute approximate surface area is 193 Å². The molecule has 0 atom stereocenters. The van der Waals surface area contributed by atoms with Crippen LogP contribution in [0.4, 0.5) is 16.2 Å². The molecule has 33 heavy (non-hydrogen) atoms. The van der Waals surface area contributed by atoms with E-state index in [-0.39, 0.29) is 11.5 Å². The first-order valence-corrected chi connectivity index (χ1v) is 10.4. The smallest absolute Gasteiger partial charge is 0.407 e. The first-order chi connectivity index (χ1) is 15.5. The standard InChI is InChI=1S/C24H31N3O6/c1-15(28)26-19-14-21(32-6)20(31-5)13-18(19)22(29)27-17-9-7-16(8-10-17)11-12-25-23(30)33-24(2,3)4/h7-10,13-14H,11-12H2,1-6H3,(H,25,30)(H,26,28)(H,27,29). The highest BCUT2D eigenvalue weighted by molar-refractivity contribution is 6.10. The van der Waals surface area contributed by atoms with Crippen LogP contribution in [0.3, 0.4) is 0 Å². The molecule has 0 aliphatic rings. The summed E-state index contributed by atoms with van der Waals surface area (Å²) >= 11 is 0. The third-order valence-electron chi connectivity index (χ3n) is 4.37. The van der Waals surface area contributed by atoms with Crippen LogP contribution in [0.1, 0.15) is 43.6 Å². The van der Waals surface area contributed by atoms with Crippen LogP contribution >= 0.6 is 0 Å². The van der Waals surface area contributed by atoms with Gasteiger partial charge in [0.05, 0.1) is 25.5 Å². The summed E-state index contributed by atoms with van der Waals surface area (Å²) in [5.74, 6) is 0.0198. The number of alkyl carbamates (subject to hydrolysis) is 1. The molecule has 9 nitrogen and oxygen atoms in total. The predicted molar refractivity (Wildman–Crippen MR) is 126 cm³/mol. The molecular formula is C24H31N3O6. The van der Waals surface area contributed by atoms with E-state index in [9.17, 15) is 14.4 Å². The first-order valence-electron chi connectivity index (χ1n) is 10.4. The molecule has 0 fully saturated rings. The van der Waals surface area contributed by atoms with Crippen molar-refractivity contribution in [3.63, 3.8) is 0 Å². The number of amides is 3. The van der Waals surface area contributed by atoms with Gasteiger partial charge in [0.25, 0.3) is 5.91 Å². The van der Waals surface area contributed by atoms with E-state index in [0.717, 1.165) is 5.56 Å². The lowest BCUT2D eigenvalue weighted by Gasteiger charge is -2.19. The summed E-state index contributed by atoms with van der Waals surface area (Å²) in [4.78, 5) is 36.2. The fraction of sp³-hybridized carbons (Fsp3) is 0.375. The molecule has 3 N–H and O–H groups in total. The number of hydrogen-bond donors (Lipinski definition) is 3. The van der Waals surface area contributed by atoms with E-state index < -0.39 is 17.6 Å². The molecule has 0 spiro atoms. The number of methoxy groups -OCH3 is 2. The monoisotopic (exact) mass is 457 g/mol. The maximum absolute atomic E-state index is 12.9. The second-order valence-corrected chi connectivity index (χ2v) is 8.26. The summed E-state index contributed by atoms with van der Waals surface area (Å²) in [5.41, 5.74) is 1.55. The highest BCUT2D eigenvalue weighted by atomic mass is 16.6. The van der Waals surface area contributed by atoms with Gasteiger partial charge in [0.15, 0.2) is 11.5 Å². The zero-order valence-electron chi connectivity index (χ0n) is 19.8. The van der Waals surface area contributed by atoms with E-state index in [4.69, 9.17) is 14.2 Å². The maximum Gasteiger partial charge on any atom is 0.407 e. The van der Waals surface area contributed by atoms with Crippen LogP contribution in [-0.4, -0.2) is 44.3 Å². The highest BCUT2D eigenvalue weighted by Crippen LogP contribution is 2.33. The number of carbonyl (C=O) groups is 3. The maximum atomic E-state index is 12.9. The van der Waals surface area contributed by atoms with Gasteiger partial charge in [0, 0.05) is 25.2 Å². The average Bonchev–Trinajstić information content (AvgIpc) is 2.72. The van der Waals surface area contributed by atoms with E-state index in [1.165, 1.54) is 33.3 Å². The Hall–Kier alpha value is -3.75. The molecule has 0 saturated carbocycles. The number of carbonyl (C=O) groups excluding carboxylic acids is 3. The lowest BCUT2D eigenvalue weighted by molar-refractivity contribution is -0.114. The second kappa shape index (κ2) is 11.2. The minimum atomic E-state index is -0.544. The quantitative estimate of drug-likeness (QED) is 0.552. The van der Waals surface area contributed by atoms with Gasteiger partial charge in [0.1, 0.15) is 5.60 Å². The normalized spacial score (nSPS) is 10.7. The molecule has 0 aliphatic heterocycles. The molecule has 0 aliphatic carbocycles. The third-order valence-corrected chi connectivity index (χ3v) is 4.37. The molecule has 0 unspecified atom stereocenters. The number of benzene rings is 2. The topological polar surface area (TPSA) is 115 Å². The van der Waals surface area contributed by atoms with Gasteiger partial charge in [-0.25, -0.2) is 4.79 Å². The number of ether oxygens (including phenoxy) is 3. The van der Waals surface area contributed by atoms with E-state index in [1.807, 2.05) is 12.1 Å². The summed E-state index contributed by atoms with van der Waals surface area (Å²) in [6, 6.07) is 10.3. The Bertz CT molecular complexity index is 996. The van der Waals surface area contributed by atoms with Crippen LogP contribution in [0.2, 0.25) is 0 Å². The summed E-state index contributed by atoms with van der Waals surface area (Å²) in [7, 11) is 2.94. The fourth-order valence-electron chi connectivity index (χ4n) is 2.94. The Morgan fingerprint density at radius 2 is 1.52 bits per heavy atom. The summed E-state index contributed by atoms with van der Waals surface area (Å²) in [6.07, 6.45) is 0.145. The molecule has 2 rings (SSSR count). The third kappa shape index (κ3) is 8.03. The summed E-state index contributed by atoms with van der Waals surface area (Å²) in [5, 5.41) is 8.16. The van der Waals surface area contributed by atoms with E-state index in [2.05, 4.69) is 16.0 Å². The Morgan fingerprint density at radius 3 is 2.06 bits per heavy atom. The largest absolute Gasteiger partial charge is 0.493 e. The van der Waals surface area contributed by atoms with Gasteiger partial charge in [-0.2, -0.15) is 0 Å². The Kier molecular flexibility index (Phi) is 8.67. The lowest BCUT2D eigenvalue weighted by atomic mass is 10.1. The van der Waals surface area contributed by atoms with Gasteiger partial charge in [-0.05, 0) is 51.0 Å². The molecule has 2 aromatic rings. The van der Waals surface area contributed by atoms with Crippen LogP contribution in [0, 0.1) is 0 Å². The first kappa shape index (κ1) is 25.5. The van der Waals surface area contributed by atoms with Crippen molar-refractivity contribution >= 4 is 29.3 Å². The minimum Gasteiger partial charge on any atom is -0.493 e. The molecule has 0 radical (unpaired) electrons. The van der Waals surface area contributed by atoms with E-state index >= 15 is 0 Å². The number of hydrogen-bond acceptors (Lipinski definition) is 6. The second-order valence-electron chi connectivity index (χ2n) is 8.26. The van der Waals surface area contributed by atoms with Crippen molar-refractivity contribution in [1.82, 2.24) is 5.32 Å². The van der Waals surface area contributed by atoms with Crippen molar-refractivity contribution in [1.29, 1.82) is 0 Å². The van der Waals surface area contributed by atoms with Gasteiger partial charge in [0.2, 0.25) is 5.91 Å².